The maximum atomic E-state index is 13.6. The second-order valence-electron chi connectivity index (χ2n) is 5.63. The summed E-state index contributed by atoms with van der Waals surface area (Å²) in [5.74, 6) is -4.91. The molecule has 0 aliphatic carbocycles. The van der Waals surface area contributed by atoms with Crippen LogP contribution in [0.25, 0.3) is 16.8 Å². The summed E-state index contributed by atoms with van der Waals surface area (Å²) in [6.45, 7) is 0.121. The van der Waals surface area contributed by atoms with E-state index in [-0.39, 0.29) is 28.4 Å². The van der Waals surface area contributed by atoms with Crippen molar-refractivity contribution in [3.8, 4) is 17.1 Å². The second-order valence-corrected chi connectivity index (χ2v) is 5.63. The third-order valence-corrected chi connectivity index (χ3v) is 3.52. The van der Waals surface area contributed by atoms with Crippen LogP contribution in [0.4, 0.5) is 22.0 Å². The fourth-order valence-electron chi connectivity index (χ4n) is 2.46. The molecule has 0 aliphatic rings. The topological polar surface area (TPSA) is 72.3 Å². The van der Waals surface area contributed by atoms with Crippen molar-refractivity contribution >= 4 is 5.65 Å². The quantitative estimate of drug-likeness (QED) is 0.562. The van der Waals surface area contributed by atoms with Crippen LogP contribution >= 0.6 is 0 Å². The fraction of sp³-hybridized carbons (Fsp3) is 0.267. The van der Waals surface area contributed by atoms with E-state index in [0.29, 0.717) is 12.1 Å². The van der Waals surface area contributed by atoms with E-state index >= 15 is 0 Å². The van der Waals surface area contributed by atoms with Gasteiger partial charge in [-0.1, -0.05) is 13.8 Å². The smallest absolute Gasteiger partial charge is 0.389 e. The van der Waals surface area contributed by atoms with E-state index in [1.165, 1.54) is 0 Å². The van der Waals surface area contributed by atoms with Gasteiger partial charge in [-0.25, -0.2) is 18.0 Å². The van der Waals surface area contributed by atoms with E-state index in [9.17, 15) is 26.7 Å². The molecule has 0 saturated carbocycles. The molecule has 0 saturated heterocycles. The maximum absolute atomic E-state index is 13.6. The lowest BCUT2D eigenvalue weighted by Crippen LogP contribution is -2.21. The van der Waals surface area contributed by atoms with Crippen molar-refractivity contribution in [3.63, 3.8) is 0 Å². The van der Waals surface area contributed by atoms with Crippen LogP contribution in [0.5, 0.6) is 6.01 Å². The Morgan fingerprint density at radius 3 is 2.31 bits per heavy atom. The zero-order valence-corrected chi connectivity index (χ0v) is 13.4. The van der Waals surface area contributed by atoms with Gasteiger partial charge in [0.2, 0.25) is 0 Å². The molecule has 0 unspecified atom stereocenters. The van der Waals surface area contributed by atoms with Crippen LogP contribution < -0.4 is 10.4 Å². The molecule has 1 aromatic carbocycles. The van der Waals surface area contributed by atoms with Crippen molar-refractivity contribution in [2.45, 2.75) is 26.4 Å². The number of nitrogens with one attached hydrogen (secondary N) is 1. The van der Waals surface area contributed by atoms with Gasteiger partial charge < -0.3 is 4.74 Å². The molecule has 0 spiro atoms. The molecule has 0 radical (unpaired) electrons. The fourth-order valence-corrected chi connectivity index (χ4v) is 2.46. The van der Waals surface area contributed by atoms with Gasteiger partial charge in [0, 0.05) is 0 Å². The average molecular weight is 374 g/mol. The number of aromatic amines is 1. The lowest BCUT2D eigenvalue weighted by atomic mass is 9.99. The number of halogens is 5. The van der Waals surface area contributed by atoms with E-state index in [4.69, 9.17) is 0 Å². The molecular formula is C15H11F5N4O2. The van der Waals surface area contributed by atoms with E-state index in [2.05, 4.69) is 14.8 Å². The van der Waals surface area contributed by atoms with Crippen molar-refractivity contribution in [1.29, 1.82) is 0 Å². The zero-order chi connectivity index (χ0) is 19.2. The number of ether oxygens (including phenoxy) is 1. The summed E-state index contributed by atoms with van der Waals surface area (Å²) in [4.78, 5) is 17.8. The van der Waals surface area contributed by atoms with Crippen molar-refractivity contribution in [3.05, 3.63) is 45.8 Å². The Bertz CT molecular complexity index is 1020. The molecule has 0 bridgehead atoms. The lowest BCUT2D eigenvalue weighted by Gasteiger charge is -2.07. The van der Waals surface area contributed by atoms with E-state index in [1.54, 1.807) is 13.8 Å². The van der Waals surface area contributed by atoms with Gasteiger partial charge in [0.05, 0.1) is 11.3 Å². The van der Waals surface area contributed by atoms with Crippen molar-refractivity contribution < 1.29 is 26.7 Å². The number of hydrogen-bond donors (Lipinski definition) is 1. The summed E-state index contributed by atoms with van der Waals surface area (Å²) < 4.78 is 70.2. The standard InChI is InChI=1S/C15H11F5N4O2/c1-5(2)11-9(6-3-7(16)10(18)8(17)4-6)12-21-14(26-13(19)20)22-15(25)24(12)23-11/h3-5,13H,1-2H3,(H,21,22,25). The molecule has 138 valence electrons. The number of hydrogen-bond acceptors (Lipinski definition) is 4. The Hall–Kier alpha value is -2.98. The first-order chi connectivity index (χ1) is 12.2. The number of rotatable bonds is 4. The molecule has 6 nitrogen and oxygen atoms in total. The molecular weight excluding hydrogens is 363 g/mol. The normalized spacial score (nSPS) is 11.7. The largest absolute Gasteiger partial charge is 0.402 e. The monoisotopic (exact) mass is 374 g/mol. The highest BCUT2D eigenvalue weighted by molar-refractivity contribution is 5.80. The van der Waals surface area contributed by atoms with Crippen LogP contribution in [0, 0.1) is 17.5 Å². The van der Waals surface area contributed by atoms with Gasteiger partial charge >= 0.3 is 18.3 Å². The highest BCUT2D eigenvalue weighted by Crippen LogP contribution is 2.33. The number of fused-ring (bicyclic) bond motifs is 1. The minimum absolute atomic E-state index is 0.00279. The molecule has 2 aromatic heterocycles. The van der Waals surface area contributed by atoms with Gasteiger partial charge in [-0.3, -0.25) is 4.98 Å². The van der Waals surface area contributed by atoms with Gasteiger partial charge in [0.1, 0.15) is 0 Å². The Morgan fingerprint density at radius 2 is 1.77 bits per heavy atom. The van der Waals surface area contributed by atoms with Crippen LogP contribution in [-0.2, 0) is 0 Å². The summed E-state index contributed by atoms with van der Waals surface area (Å²) in [7, 11) is 0. The van der Waals surface area contributed by atoms with Crippen molar-refractivity contribution in [1.82, 2.24) is 19.6 Å². The third kappa shape index (κ3) is 3.00. The summed E-state index contributed by atoms with van der Waals surface area (Å²) in [6.07, 6.45) is 0. The number of alkyl halides is 2. The highest BCUT2D eigenvalue weighted by Gasteiger charge is 2.24. The first kappa shape index (κ1) is 17.8. The van der Waals surface area contributed by atoms with Gasteiger partial charge in [0.25, 0.3) is 0 Å². The molecule has 0 fully saturated rings. The van der Waals surface area contributed by atoms with Gasteiger partial charge in [0.15, 0.2) is 23.1 Å². The SMILES string of the molecule is CC(C)c1nn2c(=O)[nH]c(OC(F)F)nc2c1-c1cc(F)c(F)c(F)c1. The highest BCUT2D eigenvalue weighted by atomic mass is 19.3. The summed E-state index contributed by atoms with van der Waals surface area (Å²) in [5, 5.41) is 4.02. The van der Waals surface area contributed by atoms with E-state index < -0.39 is 35.8 Å². The summed E-state index contributed by atoms with van der Waals surface area (Å²) in [6, 6.07) is 0.618. The van der Waals surface area contributed by atoms with Crippen molar-refractivity contribution in [2.24, 2.45) is 0 Å². The number of benzene rings is 1. The van der Waals surface area contributed by atoms with Crippen LogP contribution in [0.2, 0.25) is 0 Å². The molecule has 11 heteroatoms. The molecule has 0 aliphatic heterocycles. The number of nitrogens with zero attached hydrogens (tertiary/aromatic N) is 3. The van der Waals surface area contributed by atoms with Crippen LogP contribution in [0.1, 0.15) is 25.5 Å². The average Bonchev–Trinajstić information content (AvgIpc) is 2.91. The van der Waals surface area contributed by atoms with Crippen LogP contribution in [0.15, 0.2) is 16.9 Å². The minimum Gasteiger partial charge on any atom is -0.402 e. The predicted molar refractivity (Wildman–Crippen MR) is 79.6 cm³/mol. The molecule has 0 atom stereocenters. The Kier molecular flexibility index (Phi) is 4.38. The molecule has 1 N–H and O–H groups in total. The first-order valence-electron chi connectivity index (χ1n) is 7.31. The van der Waals surface area contributed by atoms with Gasteiger partial charge in [-0.15, -0.1) is 0 Å². The Labute approximate surface area is 142 Å². The molecule has 3 rings (SSSR count). The zero-order valence-electron chi connectivity index (χ0n) is 13.4. The van der Waals surface area contributed by atoms with E-state index in [1.807, 2.05) is 4.98 Å². The van der Waals surface area contributed by atoms with Crippen LogP contribution in [-0.4, -0.2) is 26.2 Å². The van der Waals surface area contributed by atoms with Crippen molar-refractivity contribution in [2.75, 3.05) is 0 Å². The van der Waals surface area contributed by atoms with E-state index in [0.717, 1.165) is 4.52 Å². The number of H-pyrrole nitrogens is 1. The summed E-state index contributed by atoms with van der Waals surface area (Å²) >= 11 is 0. The van der Waals surface area contributed by atoms with Gasteiger partial charge in [-0.2, -0.15) is 23.4 Å². The second kappa shape index (κ2) is 6.39. The first-order valence-corrected chi connectivity index (χ1v) is 7.31. The number of aromatic nitrogens is 4. The van der Waals surface area contributed by atoms with Gasteiger partial charge in [-0.05, 0) is 23.6 Å². The Balaban J connectivity index is 2.36. The molecule has 26 heavy (non-hydrogen) atoms. The third-order valence-electron chi connectivity index (χ3n) is 3.52. The maximum Gasteiger partial charge on any atom is 0.389 e. The molecule has 0 amide bonds. The minimum atomic E-state index is -3.25. The lowest BCUT2D eigenvalue weighted by molar-refractivity contribution is -0.0562. The van der Waals surface area contributed by atoms with Crippen LogP contribution in [0.3, 0.4) is 0 Å². The Morgan fingerprint density at radius 1 is 1.15 bits per heavy atom. The molecule has 2 heterocycles. The molecule has 3 aromatic rings. The predicted octanol–water partition coefficient (Wildman–Crippen LogP) is 3.23. The summed E-state index contributed by atoms with van der Waals surface area (Å²) in [5.41, 5.74) is -1.15.